The molecule has 9 nitrogen and oxygen atoms in total. The van der Waals surface area contributed by atoms with Crippen LogP contribution in [0.3, 0.4) is 0 Å². The summed E-state index contributed by atoms with van der Waals surface area (Å²) in [4.78, 5) is 31.7. The topological polar surface area (TPSA) is 107 Å². The second-order valence-corrected chi connectivity index (χ2v) is 11.0. The van der Waals surface area contributed by atoms with E-state index >= 15 is 0 Å². The largest absolute Gasteiger partial charge is 0.392 e. The first-order valence-electron chi connectivity index (χ1n) is 12.9. The van der Waals surface area contributed by atoms with Crippen LogP contribution in [0.1, 0.15) is 59.7 Å². The number of nitrogens with one attached hydrogen (secondary N) is 2. The molecule has 3 aromatic rings. The Balaban J connectivity index is 1.36. The highest BCUT2D eigenvalue weighted by atomic mass is 32.1. The monoisotopic (exact) mass is 509 g/mol. The number of β-amino-alcohol motifs (C(OH)–C–C–N with tert-alkyl or cyclic N) is 1. The van der Waals surface area contributed by atoms with Crippen LogP contribution in [0.4, 0.5) is 17.5 Å². The van der Waals surface area contributed by atoms with Gasteiger partial charge in [0.05, 0.1) is 39.3 Å². The standard InChI is InChI=1S/C26H35N7O2S/c1-32(2)25(35)24-22(17-6-3-4-7-17)23-20(36-24)16-29-26(31-23)30-21-10-9-18(14-28-21)33-12-5-8-19(34)15-27-11-13-33/h9-10,14,16-17,19,27,34H,3-8,11-13,15H2,1-2H3,(H,28,29,30,31)/t19-/m1/s1. The molecule has 2 aliphatic rings. The molecule has 0 spiro atoms. The lowest BCUT2D eigenvalue weighted by atomic mass is 9.96. The fraction of sp³-hybridized carbons (Fsp3) is 0.538. The highest BCUT2D eigenvalue weighted by molar-refractivity contribution is 7.21. The number of hydrogen-bond acceptors (Lipinski definition) is 9. The summed E-state index contributed by atoms with van der Waals surface area (Å²) in [6.07, 6.45) is 9.73. The van der Waals surface area contributed by atoms with E-state index in [4.69, 9.17) is 4.98 Å². The molecule has 0 aromatic carbocycles. The van der Waals surface area contributed by atoms with Crippen LogP contribution in [0.15, 0.2) is 24.5 Å². The maximum Gasteiger partial charge on any atom is 0.263 e. The molecule has 5 rings (SSSR count). The lowest BCUT2D eigenvalue weighted by Gasteiger charge is -2.24. The van der Waals surface area contributed by atoms with Crippen molar-refractivity contribution in [2.24, 2.45) is 0 Å². The van der Waals surface area contributed by atoms with Crippen molar-refractivity contribution in [3.63, 3.8) is 0 Å². The molecule has 192 valence electrons. The Hall–Kier alpha value is -2.82. The Morgan fingerprint density at radius 2 is 1.97 bits per heavy atom. The summed E-state index contributed by atoms with van der Waals surface area (Å²) in [7, 11) is 3.60. The third kappa shape index (κ3) is 5.45. The predicted molar refractivity (Wildman–Crippen MR) is 144 cm³/mol. The van der Waals surface area contributed by atoms with Crippen LogP contribution >= 0.6 is 11.3 Å². The fourth-order valence-electron chi connectivity index (χ4n) is 5.16. The van der Waals surface area contributed by atoms with Gasteiger partial charge >= 0.3 is 0 Å². The normalized spacial score (nSPS) is 19.6. The Kier molecular flexibility index (Phi) is 7.64. The minimum atomic E-state index is -0.276. The quantitative estimate of drug-likeness (QED) is 0.478. The summed E-state index contributed by atoms with van der Waals surface area (Å²) in [5.41, 5.74) is 3.03. The molecular formula is C26H35N7O2S. The van der Waals surface area contributed by atoms with Crippen LogP contribution in [-0.2, 0) is 0 Å². The number of rotatable bonds is 5. The highest BCUT2D eigenvalue weighted by Gasteiger charge is 2.29. The lowest BCUT2D eigenvalue weighted by Crippen LogP contribution is -2.33. The van der Waals surface area contributed by atoms with Crippen molar-refractivity contribution in [2.45, 2.75) is 50.5 Å². The molecule has 1 saturated carbocycles. The van der Waals surface area contributed by atoms with Crippen molar-refractivity contribution < 1.29 is 9.90 Å². The molecule has 0 bridgehead atoms. The SMILES string of the molecule is CN(C)C(=O)c1sc2cnc(Nc3ccc(N4CCC[C@@H](O)CNCC4)cn3)nc2c1C1CCCC1. The van der Waals surface area contributed by atoms with E-state index < -0.39 is 0 Å². The van der Waals surface area contributed by atoms with Crippen LogP contribution in [0.5, 0.6) is 0 Å². The number of carbonyl (C=O) groups is 1. The molecule has 1 aliphatic heterocycles. The molecule has 3 N–H and O–H groups in total. The fourth-order valence-corrected chi connectivity index (χ4v) is 6.38. The van der Waals surface area contributed by atoms with E-state index in [1.54, 1.807) is 19.0 Å². The molecule has 2 fully saturated rings. The van der Waals surface area contributed by atoms with Crippen LogP contribution in [0.25, 0.3) is 10.2 Å². The summed E-state index contributed by atoms with van der Waals surface area (Å²) in [6.45, 7) is 3.24. The van der Waals surface area contributed by atoms with Gasteiger partial charge in [-0.05, 0) is 43.7 Å². The number of amides is 1. The van der Waals surface area contributed by atoms with Gasteiger partial charge in [0.25, 0.3) is 5.91 Å². The first-order chi connectivity index (χ1) is 17.5. The molecule has 0 unspecified atom stereocenters. The summed E-state index contributed by atoms with van der Waals surface area (Å²) in [5, 5.41) is 16.5. The molecule has 4 heterocycles. The molecule has 36 heavy (non-hydrogen) atoms. The Bertz CT molecular complexity index is 1190. The maximum absolute atomic E-state index is 12.9. The number of aliphatic hydroxyl groups is 1. The summed E-state index contributed by atoms with van der Waals surface area (Å²) in [5.74, 6) is 1.58. The first-order valence-corrected chi connectivity index (χ1v) is 13.7. The smallest absolute Gasteiger partial charge is 0.263 e. The highest BCUT2D eigenvalue weighted by Crippen LogP contribution is 2.43. The molecule has 1 atom stereocenters. The number of aliphatic hydroxyl groups excluding tert-OH is 1. The van der Waals surface area contributed by atoms with E-state index in [9.17, 15) is 9.90 Å². The van der Waals surface area contributed by atoms with Gasteiger partial charge < -0.3 is 25.5 Å². The molecule has 3 aromatic heterocycles. The second kappa shape index (κ2) is 11.1. The van der Waals surface area contributed by atoms with Gasteiger partial charge in [-0.1, -0.05) is 12.8 Å². The Morgan fingerprint density at radius 3 is 2.72 bits per heavy atom. The number of hydrogen-bond donors (Lipinski definition) is 3. The van der Waals surface area contributed by atoms with E-state index in [0.717, 1.165) is 71.7 Å². The predicted octanol–water partition coefficient (Wildman–Crippen LogP) is 3.74. The van der Waals surface area contributed by atoms with Gasteiger partial charge in [0.1, 0.15) is 5.82 Å². The van der Waals surface area contributed by atoms with Gasteiger partial charge in [-0.25, -0.2) is 15.0 Å². The van der Waals surface area contributed by atoms with Crippen molar-refractivity contribution >= 4 is 44.9 Å². The Morgan fingerprint density at radius 1 is 1.14 bits per heavy atom. The third-order valence-electron chi connectivity index (χ3n) is 7.09. The van der Waals surface area contributed by atoms with Crippen molar-refractivity contribution in [3.05, 3.63) is 35.0 Å². The molecule has 1 saturated heterocycles. The average Bonchev–Trinajstić information content (AvgIpc) is 3.54. The number of pyridine rings is 1. The van der Waals surface area contributed by atoms with Gasteiger partial charge in [-0.2, -0.15) is 0 Å². The molecule has 1 amide bonds. The van der Waals surface area contributed by atoms with E-state index in [1.165, 1.54) is 24.2 Å². The average molecular weight is 510 g/mol. The van der Waals surface area contributed by atoms with Gasteiger partial charge in [-0.3, -0.25) is 4.79 Å². The molecule has 1 aliphatic carbocycles. The zero-order valence-corrected chi connectivity index (χ0v) is 21.9. The van der Waals surface area contributed by atoms with Crippen molar-refractivity contribution in [2.75, 3.05) is 50.5 Å². The number of thiophene rings is 1. The van der Waals surface area contributed by atoms with Crippen molar-refractivity contribution in [1.82, 2.24) is 25.2 Å². The van der Waals surface area contributed by atoms with E-state index in [-0.39, 0.29) is 12.0 Å². The minimum Gasteiger partial charge on any atom is -0.392 e. The van der Waals surface area contributed by atoms with Gasteiger partial charge in [0.15, 0.2) is 0 Å². The third-order valence-corrected chi connectivity index (χ3v) is 8.20. The Labute approximate surface area is 216 Å². The molecule has 0 radical (unpaired) electrons. The van der Waals surface area contributed by atoms with E-state index in [1.807, 2.05) is 18.5 Å². The minimum absolute atomic E-state index is 0.0382. The van der Waals surface area contributed by atoms with Crippen LogP contribution in [0, 0.1) is 0 Å². The maximum atomic E-state index is 12.9. The van der Waals surface area contributed by atoms with Crippen LogP contribution in [0.2, 0.25) is 0 Å². The number of anilines is 3. The number of nitrogens with zero attached hydrogens (tertiary/aromatic N) is 5. The van der Waals surface area contributed by atoms with Crippen LogP contribution < -0.4 is 15.5 Å². The summed E-state index contributed by atoms with van der Waals surface area (Å²) >= 11 is 1.50. The van der Waals surface area contributed by atoms with Gasteiger partial charge in [-0.15, -0.1) is 11.3 Å². The number of carbonyl (C=O) groups excluding carboxylic acids is 1. The van der Waals surface area contributed by atoms with Crippen molar-refractivity contribution in [3.8, 4) is 0 Å². The van der Waals surface area contributed by atoms with Crippen molar-refractivity contribution in [1.29, 1.82) is 0 Å². The second-order valence-electron chi connectivity index (χ2n) is 9.95. The first kappa shape index (κ1) is 24.9. The van der Waals surface area contributed by atoms with Crippen LogP contribution in [-0.4, -0.2) is 77.2 Å². The molecule has 10 heteroatoms. The van der Waals surface area contributed by atoms with Gasteiger partial charge in [0.2, 0.25) is 5.95 Å². The summed E-state index contributed by atoms with van der Waals surface area (Å²) in [6, 6.07) is 4.01. The summed E-state index contributed by atoms with van der Waals surface area (Å²) < 4.78 is 0.947. The van der Waals surface area contributed by atoms with Gasteiger partial charge in [0, 0.05) is 45.8 Å². The molecular weight excluding hydrogens is 474 g/mol. The van der Waals surface area contributed by atoms with E-state index in [2.05, 4.69) is 31.6 Å². The zero-order valence-electron chi connectivity index (χ0n) is 21.0. The number of aromatic nitrogens is 3. The lowest BCUT2D eigenvalue weighted by molar-refractivity contribution is 0.0831. The zero-order chi connectivity index (χ0) is 25.1. The number of fused-ring (bicyclic) bond motifs is 1. The van der Waals surface area contributed by atoms with E-state index in [0.29, 0.717) is 24.2 Å².